The first-order valence-electron chi connectivity index (χ1n) is 9.17. The van der Waals surface area contributed by atoms with Gasteiger partial charge in [-0.1, -0.05) is 0 Å². The highest BCUT2D eigenvalue weighted by Gasteiger charge is 2.34. The van der Waals surface area contributed by atoms with E-state index in [9.17, 15) is 18.8 Å². The molecule has 1 fully saturated rings. The molecule has 8 nitrogen and oxygen atoms in total. The normalized spacial score (nSPS) is 13.0. The minimum Gasteiger partial charge on any atom is -0.326 e. The van der Waals surface area contributed by atoms with E-state index in [2.05, 4.69) is 15.8 Å². The maximum atomic E-state index is 13.1. The molecule has 1 saturated carbocycles. The Hall–Kier alpha value is -2.85. The average Bonchev–Trinajstić information content (AvgIpc) is 3.45. The standard InChI is InChI=1S/C19H21FN4O4S/c1-2-28-23-16(25)9-14-11-29-19(21-14)22-17(26)10-24(15-7-8-15)18(27)12-3-5-13(20)6-4-12/h3-6,11,15H,2,7-10H2,1H3,(H,23,25)(H,21,22,26). The molecule has 0 unspecified atom stereocenters. The van der Waals surface area contributed by atoms with E-state index in [1.807, 2.05) is 0 Å². The number of benzene rings is 1. The van der Waals surface area contributed by atoms with Gasteiger partial charge in [0.15, 0.2) is 5.13 Å². The van der Waals surface area contributed by atoms with Crippen molar-refractivity contribution < 1.29 is 23.6 Å². The molecule has 1 aromatic carbocycles. The largest absolute Gasteiger partial charge is 0.326 e. The number of hydroxylamine groups is 1. The quantitative estimate of drug-likeness (QED) is 0.606. The maximum absolute atomic E-state index is 13.1. The topological polar surface area (TPSA) is 101 Å². The van der Waals surface area contributed by atoms with Gasteiger partial charge in [-0.05, 0) is 44.0 Å². The highest BCUT2D eigenvalue weighted by atomic mass is 32.1. The Morgan fingerprint density at radius 2 is 1.97 bits per heavy atom. The van der Waals surface area contributed by atoms with E-state index in [4.69, 9.17) is 4.84 Å². The first kappa shape index (κ1) is 20.9. The highest BCUT2D eigenvalue weighted by molar-refractivity contribution is 7.13. The van der Waals surface area contributed by atoms with E-state index in [0.717, 1.165) is 12.8 Å². The zero-order valence-electron chi connectivity index (χ0n) is 15.8. The van der Waals surface area contributed by atoms with E-state index >= 15 is 0 Å². The van der Waals surface area contributed by atoms with Crippen LogP contribution in [0.5, 0.6) is 0 Å². The molecule has 2 N–H and O–H groups in total. The van der Waals surface area contributed by atoms with Crippen molar-refractivity contribution in [2.24, 2.45) is 0 Å². The Bertz CT molecular complexity index is 883. The summed E-state index contributed by atoms with van der Waals surface area (Å²) in [6.45, 7) is 1.99. The van der Waals surface area contributed by atoms with Crippen molar-refractivity contribution in [2.45, 2.75) is 32.2 Å². The summed E-state index contributed by atoms with van der Waals surface area (Å²) in [5.41, 5.74) is 3.12. The van der Waals surface area contributed by atoms with Gasteiger partial charge in [-0.15, -0.1) is 11.3 Å². The number of rotatable bonds is 9. The Morgan fingerprint density at radius 1 is 1.24 bits per heavy atom. The van der Waals surface area contributed by atoms with Gasteiger partial charge in [0.2, 0.25) is 11.8 Å². The Morgan fingerprint density at radius 3 is 2.62 bits per heavy atom. The van der Waals surface area contributed by atoms with Gasteiger partial charge in [0.1, 0.15) is 12.4 Å². The molecular formula is C19H21FN4O4S. The van der Waals surface area contributed by atoms with E-state index in [0.29, 0.717) is 23.0 Å². The molecule has 29 heavy (non-hydrogen) atoms. The first-order chi connectivity index (χ1) is 14.0. The van der Waals surface area contributed by atoms with Crippen molar-refractivity contribution in [2.75, 3.05) is 18.5 Å². The number of hydrogen-bond donors (Lipinski definition) is 2. The van der Waals surface area contributed by atoms with Gasteiger partial charge in [0.25, 0.3) is 5.91 Å². The molecule has 0 aliphatic heterocycles. The average molecular weight is 420 g/mol. The highest BCUT2D eigenvalue weighted by Crippen LogP contribution is 2.28. The summed E-state index contributed by atoms with van der Waals surface area (Å²) in [6, 6.07) is 5.26. The number of carbonyl (C=O) groups excluding carboxylic acids is 3. The zero-order valence-corrected chi connectivity index (χ0v) is 16.6. The number of nitrogens with one attached hydrogen (secondary N) is 2. The van der Waals surface area contributed by atoms with Crippen molar-refractivity contribution in [3.05, 3.63) is 46.7 Å². The second kappa shape index (κ2) is 9.57. The Kier molecular flexibility index (Phi) is 6.89. The monoisotopic (exact) mass is 420 g/mol. The molecule has 1 aliphatic carbocycles. The van der Waals surface area contributed by atoms with Gasteiger partial charge in [0, 0.05) is 17.0 Å². The molecule has 0 radical (unpaired) electrons. The number of nitrogens with zero attached hydrogens (tertiary/aromatic N) is 2. The Balaban J connectivity index is 1.56. The first-order valence-corrected chi connectivity index (χ1v) is 10.1. The number of hydrogen-bond acceptors (Lipinski definition) is 6. The van der Waals surface area contributed by atoms with E-state index < -0.39 is 5.82 Å². The zero-order chi connectivity index (χ0) is 20.8. The molecule has 1 heterocycles. The molecule has 1 aromatic heterocycles. The number of amides is 3. The third-order valence-electron chi connectivity index (χ3n) is 4.12. The number of thiazole rings is 1. The molecule has 0 spiro atoms. The maximum Gasteiger partial charge on any atom is 0.254 e. The summed E-state index contributed by atoms with van der Waals surface area (Å²) in [5, 5.41) is 4.68. The summed E-state index contributed by atoms with van der Waals surface area (Å²) in [6.07, 6.45) is 1.69. The van der Waals surface area contributed by atoms with E-state index in [1.165, 1.54) is 40.5 Å². The number of halogens is 1. The Labute approximate surface area is 171 Å². The molecule has 3 amide bonds. The van der Waals surface area contributed by atoms with Crippen LogP contribution in [-0.2, 0) is 20.8 Å². The molecule has 1 aliphatic rings. The third kappa shape index (κ3) is 6.06. The number of anilines is 1. The van der Waals surface area contributed by atoms with Crippen LogP contribution in [0.2, 0.25) is 0 Å². The molecule has 0 bridgehead atoms. The van der Waals surface area contributed by atoms with Crippen molar-refractivity contribution in [3.8, 4) is 0 Å². The van der Waals surface area contributed by atoms with Crippen molar-refractivity contribution >= 4 is 34.2 Å². The van der Waals surface area contributed by atoms with Crippen molar-refractivity contribution in [1.29, 1.82) is 0 Å². The lowest BCUT2D eigenvalue weighted by molar-refractivity contribution is -0.132. The van der Waals surface area contributed by atoms with Crippen LogP contribution >= 0.6 is 11.3 Å². The van der Waals surface area contributed by atoms with Crippen molar-refractivity contribution in [1.82, 2.24) is 15.4 Å². The summed E-state index contributed by atoms with van der Waals surface area (Å²) in [7, 11) is 0. The van der Waals surface area contributed by atoms with Gasteiger partial charge in [0.05, 0.1) is 18.7 Å². The SMILES string of the molecule is CCONC(=O)Cc1csc(NC(=O)CN(C(=O)c2ccc(F)cc2)C2CC2)n1. The molecule has 0 saturated heterocycles. The van der Waals surface area contributed by atoms with Crippen LogP contribution in [0.1, 0.15) is 35.8 Å². The second-order valence-electron chi connectivity index (χ2n) is 6.50. The lowest BCUT2D eigenvalue weighted by Gasteiger charge is -2.21. The van der Waals surface area contributed by atoms with Crippen LogP contribution < -0.4 is 10.8 Å². The van der Waals surface area contributed by atoms with Crippen LogP contribution in [-0.4, -0.2) is 46.8 Å². The number of carbonyl (C=O) groups is 3. The fourth-order valence-corrected chi connectivity index (χ4v) is 3.35. The summed E-state index contributed by atoms with van der Waals surface area (Å²) in [5.74, 6) is -1.45. The second-order valence-corrected chi connectivity index (χ2v) is 7.36. The molecular weight excluding hydrogens is 399 g/mol. The van der Waals surface area contributed by atoms with Crippen LogP contribution in [0.4, 0.5) is 9.52 Å². The minimum atomic E-state index is -0.424. The minimum absolute atomic E-state index is 0.00687. The summed E-state index contributed by atoms with van der Waals surface area (Å²) >= 11 is 1.19. The van der Waals surface area contributed by atoms with E-state index in [-0.39, 0.29) is 36.7 Å². The molecule has 10 heteroatoms. The predicted molar refractivity (Wildman–Crippen MR) is 105 cm³/mol. The third-order valence-corrected chi connectivity index (χ3v) is 4.93. The van der Waals surface area contributed by atoms with Crippen LogP contribution in [0.15, 0.2) is 29.6 Å². The fourth-order valence-electron chi connectivity index (χ4n) is 2.62. The van der Waals surface area contributed by atoms with E-state index in [1.54, 1.807) is 12.3 Å². The summed E-state index contributed by atoms with van der Waals surface area (Å²) in [4.78, 5) is 47.3. The van der Waals surface area contributed by atoms with Crippen LogP contribution in [0.3, 0.4) is 0 Å². The van der Waals surface area contributed by atoms with Crippen molar-refractivity contribution in [3.63, 3.8) is 0 Å². The lowest BCUT2D eigenvalue weighted by Crippen LogP contribution is -2.39. The summed E-state index contributed by atoms with van der Waals surface area (Å²) < 4.78 is 13.1. The predicted octanol–water partition coefficient (Wildman–Crippen LogP) is 2.14. The molecule has 3 rings (SSSR count). The van der Waals surface area contributed by atoms with Gasteiger partial charge in [-0.3, -0.25) is 19.2 Å². The van der Waals surface area contributed by atoms with Gasteiger partial charge in [-0.2, -0.15) is 0 Å². The van der Waals surface area contributed by atoms with Gasteiger partial charge < -0.3 is 10.2 Å². The molecule has 2 aromatic rings. The van der Waals surface area contributed by atoms with Gasteiger partial charge >= 0.3 is 0 Å². The fraction of sp³-hybridized carbons (Fsp3) is 0.368. The van der Waals surface area contributed by atoms with Gasteiger partial charge in [-0.25, -0.2) is 14.9 Å². The number of aromatic nitrogens is 1. The lowest BCUT2D eigenvalue weighted by atomic mass is 10.2. The molecule has 154 valence electrons. The van der Waals surface area contributed by atoms with Crippen LogP contribution in [0.25, 0.3) is 0 Å². The smallest absolute Gasteiger partial charge is 0.254 e. The molecule has 0 atom stereocenters. The van der Waals surface area contributed by atoms with Crippen LogP contribution in [0, 0.1) is 5.82 Å².